The van der Waals surface area contributed by atoms with E-state index in [0.717, 1.165) is 16.5 Å². The van der Waals surface area contributed by atoms with Crippen LogP contribution in [0.4, 0.5) is 5.69 Å². The quantitative estimate of drug-likeness (QED) is 0.454. The maximum atomic E-state index is 12.8. The summed E-state index contributed by atoms with van der Waals surface area (Å²) < 4.78 is 37.3. The molecule has 1 aliphatic rings. The second-order valence-corrected chi connectivity index (χ2v) is 10.1. The van der Waals surface area contributed by atoms with Crippen molar-refractivity contribution in [3.63, 3.8) is 0 Å². The summed E-state index contributed by atoms with van der Waals surface area (Å²) in [4.78, 5) is 27.6. The molecule has 0 atom stereocenters. The molecule has 0 saturated carbocycles. The Hall–Kier alpha value is -2.92. The van der Waals surface area contributed by atoms with E-state index in [1.165, 1.54) is 22.5 Å². The Morgan fingerprint density at radius 2 is 1.91 bits per heavy atom. The number of aromatic nitrogens is 1. The number of para-hydroxylation sites is 1. The maximum absolute atomic E-state index is 12.8. The first-order valence-corrected chi connectivity index (χ1v) is 12.5. The fraction of sp³-hybridized carbons (Fsp3) is 0.304. The van der Waals surface area contributed by atoms with Crippen LogP contribution in [0.2, 0.25) is 5.02 Å². The zero-order chi connectivity index (χ0) is 24.1. The average molecular weight is 506 g/mol. The lowest BCUT2D eigenvalue weighted by Crippen LogP contribution is -2.40. The molecule has 180 valence electrons. The Kier molecular flexibility index (Phi) is 7.52. The van der Waals surface area contributed by atoms with Crippen molar-refractivity contribution >= 4 is 50.1 Å². The summed E-state index contributed by atoms with van der Waals surface area (Å²) in [5.41, 5.74) is 2.10. The van der Waals surface area contributed by atoms with Gasteiger partial charge in [-0.2, -0.15) is 4.31 Å². The van der Waals surface area contributed by atoms with Gasteiger partial charge in [-0.25, -0.2) is 8.42 Å². The lowest BCUT2D eigenvalue weighted by molar-refractivity contribution is -0.147. The van der Waals surface area contributed by atoms with Crippen LogP contribution >= 0.6 is 11.6 Å². The van der Waals surface area contributed by atoms with Crippen LogP contribution in [0.15, 0.2) is 53.6 Å². The van der Waals surface area contributed by atoms with Crippen molar-refractivity contribution in [1.29, 1.82) is 0 Å². The smallest absolute Gasteiger partial charge is 0.306 e. The molecule has 1 fully saturated rings. The molecular weight excluding hydrogens is 482 g/mol. The lowest BCUT2D eigenvalue weighted by Gasteiger charge is -2.26. The van der Waals surface area contributed by atoms with E-state index < -0.39 is 28.5 Å². The van der Waals surface area contributed by atoms with Crippen molar-refractivity contribution in [3.05, 3.63) is 59.2 Å². The number of nitrogens with one attached hydrogen (secondary N) is 2. The molecular formula is C23H24ClN3O6S. The normalized spacial score (nSPS) is 14.7. The van der Waals surface area contributed by atoms with Crippen LogP contribution < -0.4 is 5.32 Å². The van der Waals surface area contributed by atoms with Crippen molar-refractivity contribution in [2.45, 2.75) is 17.7 Å². The molecule has 0 unspecified atom stereocenters. The number of esters is 1. The highest BCUT2D eigenvalue weighted by Gasteiger charge is 2.27. The number of aryl methyl sites for hydroxylation is 1. The van der Waals surface area contributed by atoms with Gasteiger partial charge in [0.15, 0.2) is 6.61 Å². The number of anilines is 1. The maximum Gasteiger partial charge on any atom is 0.306 e. The monoisotopic (exact) mass is 505 g/mol. The summed E-state index contributed by atoms with van der Waals surface area (Å²) in [5.74, 6) is -1.14. The largest absolute Gasteiger partial charge is 0.456 e. The van der Waals surface area contributed by atoms with Crippen molar-refractivity contribution in [1.82, 2.24) is 9.29 Å². The Morgan fingerprint density at radius 3 is 2.71 bits per heavy atom. The lowest BCUT2D eigenvalue weighted by atomic mass is 10.1. The van der Waals surface area contributed by atoms with Gasteiger partial charge in [0.2, 0.25) is 10.0 Å². The molecule has 4 rings (SSSR count). The van der Waals surface area contributed by atoms with E-state index in [1.54, 1.807) is 0 Å². The summed E-state index contributed by atoms with van der Waals surface area (Å²) in [6, 6.07) is 11.9. The molecule has 1 aliphatic heterocycles. The standard InChI is InChI=1S/C23H24ClN3O6S/c24-19-7-6-17(34(30,31)27-9-11-32-12-10-27)13-21(19)26-22(28)15-33-23(29)8-5-16-14-25-20-4-2-1-3-18(16)20/h1-4,6-7,13-14,25H,5,8-12,15H2,(H,26,28). The van der Waals surface area contributed by atoms with Gasteiger partial charge in [-0.3, -0.25) is 9.59 Å². The topological polar surface area (TPSA) is 118 Å². The van der Waals surface area contributed by atoms with Gasteiger partial charge in [0, 0.05) is 36.6 Å². The number of nitrogens with zero attached hydrogens (tertiary/aromatic N) is 1. The highest BCUT2D eigenvalue weighted by Crippen LogP contribution is 2.27. The number of H-pyrrole nitrogens is 1. The third kappa shape index (κ3) is 5.58. The molecule has 34 heavy (non-hydrogen) atoms. The molecule has 2 aromatic carbocycles. The number of benzene rings is 2. The van der Waals surface area contributed by atoms with E-state index in [2.05, 4.69) is 10.3 Å². The summed E-state index contributed by atoms with van der Waals surface area (Å²) in [5, 5.41) is 3.72. The average Bonchev–Trinajstić information content (AvgIpc) is 3.26. The number of aromatic amines is 1. The zero-order valence-electron chi connectivity index (χ0n) is 18.3. The van der Waals surface area contributed by atoms with Crippen molar-refractivity contribution in [2.75, 3.05) is 38.2 Å². The minimum absolute atomic E-state index is 0.00447. The zero-order valence-corrected chi connectivity index (χ0v) is 19.8. The number of hydrogen-bond donors (Lipinski definition) is 2. The minimum Gasteiger partial charge on any atom is -0.456 e. The number of ether oxygens (including phenoxy) is 2. The first kappa shape index (κ1) is 24.2. The molecule has 11 heteroatoms. The van der Waals surface area contributed by atoms with Gasteiger partial charge in [-0.15, -0.1) is 0 Å². The van der Waals surface area contributed by atoms with E-state index >= 15 is 0 Å². The van der Waals surface area contributed by atoms with Crippen LogP contribution in [0, 0.1) is 0 Å². The first-order chi connectivity index (χ1) is 16.3. The Bertz CT molecular complexity index is 1300. The van der Waals surface area contributed by atoms with Crippen LogP contribution in [0.25, 0.3) is 10.9 Å². The van der Waals surface area contributed by atoms with Gasteiger partial charge in [0.05, 0.1) is 28.8 Å². The SMILES string of the molecule is O=C(COC(=O)CCc1c[nH]c2ccccc12)Nc1cc(S(=O)(=O)N2CCOCC2)ccc1Cl. The van der Waals surface area contributed by atoms with Gasteiger partial charge in [-0.1, -0.05) is 29.8 Å². The number of halogens is 1. The number of fused-ring (bicyclic) bond motifs is 1. The van der Waals surface area contributed by atoms with E-state index in [9.17, 15) is 18.0 Å². The fourth-order valence-corrected chi connectivity index (χ4v) is 5.28. The van der Waals surface area contributed by atoms with Gasteiger partial charge >= 0.3 is 5.97 Å². The van der Waals surface area contributed by atoms with E-state index in [4.69, 9.17) is 21.1 Å². The fourth-order valence-electron chi connectivity index (χ4n) is 3.68. The van der Waals surface area contributed by atoms with Crippen molar-refractivity contribution < 1.29 is 27.5 Å². The molecule has 1 amide bonds. The van der Waals surface area contributed by atoms with Crippen LogP contribution in [0.1, 0.15) is 12.0 Å². The molecule has 0 bridgehead atoms. The number of sulfonamides is 1. The molecule has 3 aromatic rings. The Morgan fingerprint density at radius 1 is 1.15 bits per heavy atom. The highest BCUT2D eigenvalue weighted by molar-refractivity contribution is 7.89. The summed E-state index contributed by atoms with van der Waals surface area (Å²) in [6.45, 7) is 0.635. The Labute approximate surface area is 202 Å². The number of morpholine rings is 1. The van der Waals surface area contributed by atoms with Crippen LogP contribution in [-0.4, -0.2) is 62.5 Å². The molecule has 0 radical (unpaired) electrons. The van der Waals surface area contributed by atoms with Gasteiger partial charge in [0.25, 0.3) is 5.91 Å². The number of carbonyl (C=O) groups excluding carboxylic acids is 2. The third-order valence-electron chi connectivity index (χ3n) is 5.46. The van der Waals surface area contributed by atoms with Gasteiger partial charge in [0.1, 0.15) is 0 Å². The van der Waals surface area contributed by atoms with E-state index in [1.807, 2.05) is 30.5 Å². The van der Waals surface area contributed by atoms with Crippen molar-refractivity contribution in [3.8, 4) is 0 Å². The molecule has 9 nitrogen and oxygen atoms in total. The predicted molar refractivity (Wildman–Crippen MR) is 127 cm³/mol. The van der Waals surface area contributed by atoms with Crippen LogP contribution in [0.3, 0.4) is 0 Å². The number of carbonyl (C=O) groups is 2. The first-order valence-electron chi connectivity index (χ1n) is 10.7. The third-order valence-corrected chi connectivity index (χ3v) is 7.68. The molecule has 0 aliphatic carbocycles. The molecule has 2 heterocycles. The highest BCUT2D eigenvalue weighted by atomic mass is 35.5. The molecule has 0 spiro atoms. The number of rotatable bonds is 8. The Balaban J connectivity index is 1.32. The summed E-state index contributed by atoms with van der Waals surface area (Å²) in [6.07, 6.45) is 2.44. The van der Waals surface area contributed by atoms with Crippen molar-refractivity contribution in [2.24, 2.45) is 0 Å². The molecule has 2 N–H and O–H groups in total. The predicted octanol–water partition coefficient (Wildman–Crippen LogP) is 2.96. The summed E-state index contributed by atoms with van der Waals surface area (Å²) in [7, 11) is -3.75. The summed E-state index contributed by atoms with van der Waals surface area (Å²) >= 11 is 6.14. The van der Waals surface area contributed by atoms with Gasteiger partial charge in [-0.05, 0) is 36.2 Å². The van der Waals surface area contributed by atoms with Gasteiger partial charge < -0.3 is 19.8 Å². The van der Waals surface area contributed by atoms with E-state index in [-0.39, 0.29) is 35.1 Å². The van der Waals surface area contributed by atoms with E-state index in [0.29, 0.717) is 19.6 Å². The van der Waals surface area contributed by atoms with Crippen LogP contribution in [-0.2, 0) is 35.5 Å². The molecule has 1 aromatic heterocycles. The second-order valence-electron chi connectivity index (χ2n) is 7.73. The number of hydrogen-bond acceptors (Lipinski definition) is 6. The molecule has 1 saturated heterocycles. The second kappa shape index (κ2) is 10.6. The number of amides is 1. The minimum atomic E-state index is -3.75. The van der Waals surface area contributed by atoms with Crippen LogP contribution in [0.5, 0.6) is 0 Å².